The first-order valence-electron chi connectivity index (χ1n) is 5.62. The second-order valence-electron chi connectivity index (χ2n) is 4.61. The van der Waals surface area contributed by atoms with Gasteiger partial charge >= 0.3 is 0 Å². The lowest BCUT2D eigenvalue weighted by Crippen LogP contribution is -2.14. The molecule has 0 saturated heterocycles. The Hall–Kier alpha value is -1.56. The molecule has 0 aliphatic heterocycles. The molecule has 3 N–H and O–H groups in total. The Morgan fingerprint density at radius 3 is 2.50 bits per heavy atom. The van der Waals surface area contributed by atoms with E-state index in [2.05, 4.69) is 5.32 Å². The van der Waals surface area contributed by atoms with Crippen LogP contribution in [0.25, 0.3) is 0 Å². The van der Waals surface area contributed by atoms with Gasteiger partial charge in [-0.3, -0.25) is 4.79 Å². The van der Waals surface area contributed by atoms with Crippen LogP contribution in [0.15, 0.2) is 23.1 Å². The molecule has 1 rings (SSSR count). The van der Waals surface area contributed by atoms with Gasteiger partial charge in [-0.2, -0.15) is 0 Å². The molecule has 0 atom stereocenters. The SMILES string of the molecule is CC(=O)Nc1ccc(N)c(S(=O)(=O)CC(C)C)c1. The summed E-state index contributed by atoms with van der Waals surface area (Å²) in [4.78, 5) is 11.0. The van der Waals surface area contributed by atoms with Crippen molar-refractivity contribution in [2.24, 2.45) is 5.92 Å². The van der Waals surface area contributed by atoms with E-state index in [1.807, 2.05) is 13.8 Å². The van der Waals surface area contributed by atoms with Crippen molar-refractivity contribution in [3.05, 3.63) is 18.2 Å². The van der Waals surface area contributed by atoms with E-state index in [-0.39, 0.29) is 28.2 Å². The number of amides is 1. The number of hydrogen-bond donors (Lipinski definition) is 2. The largest absolute Gasteiger partial charge is 0.398 e. The fourth-order valence-electron chi connectivity index (χ4n) is 1.61. The molecule has 0 heterocycles. The fraction of sp³-hybridized carbons (Fsp3) is 0.417. The molecule has 100 valence electrons. The number of hydrogen-bond acceptors (Lipinski definition) is 4. The van der Waals surface area contributed by atoms with Crippen molar-refractivity contribution in [1.29, 1.82) is 0 Å². The molecule has 1 aromatic rings. The van der Waals surface area contributed by atoms with Gasteiger partial charge in [0.2, 0.25) is 5.91 Å². The minimum Gasteiger partial charge on any atom is -0.398 e. The first-order chi connectivity index (χ1) is 8.22. The molecule has 0 spiro atoms. The number of benzene rings is 1. The maximum atomic E-state index is 12.1. The van der Waals surface area contributed by atoms with Gasteiger partial charge in [-0.05, 0) is 24.1 Å². The van der Waals surface area contributed by atoms with Crippen LogP contribution in [0.2, 0.25) is 0 Å². The van der Waals surface area contributed by atoms with Crippen LogP contribution in [0, 0.1) is 5.92 Å². The summed E-state index contributed by atoms with van der Waals surface area (Å²) in [6.07, 6.45) is 0. The third kappa shape index (κ3) is 3.73. The van der Waals surface area contributed by atoms with Crippen LogP contribution in [0.1, 0.15) is 20.8 Å². The zero-order chi connectivity index (χ0) is 13.9. The molecule has 0 aliphatic carbocycles. The highest BCUT2D eigenvalue weighted by Gasteiger charge is 2.19. The lowest BCUT2D eigenvalue weighted by molar-refractivity contribution is -0.114. The molecule has 1 aromatic carbocycles. The summed E-state index contributed by atoms with van der Waals surface area (Å²) in [5.41, 5.74) is 6.32. The topological polar surface area (TPSA) is 89.3 Å². The van der Waals surface area contributed by atoms with Gasteiger partial charge in [-0.25, -0.2) is 8.42 Å². The van der Waals surface area contributed by atoms with Crippen molar-refractivity contribution in [3.8, 4) is 0 Å². The van der Waals surface area contributed by atoms with Crippen LogP contribution in [-0.2, 0) is 14.6 Å². The highest BCUT2D eigenvalue weighted by Crippen LogP contribution is 2.25. The third-order valence-corrected chi connectivity index (χ3v) is 4.35. The van der Waals surface area contributed by atoms with Gasteiger partial charge in [0, 0.05) is 12.6 Å². The van der Waals surface area contributed by atoms with Crippen molar-refractivity contribution in [2.75, 3.05) is 16.8 Å². The monoisotopic (exact) mass is 270 g/mol. The molecule has 5 nitrogen and oxygen atoms in total. The van der Waals surface area contributed by atoms with Gasteiger partial charge < -0.3 is 11.1 Å². The van der Waals surface area contributed by atoms with Crippen molar-refractivity contribution in [3.63, 3.8) is 0 Å². The summed E-state index contributed by atoms with van der Waals surface area (Å²) in [6.45, 7) is 5.01. The first kappa shape index (κ1) is 14.5. The van der Waals surface area contributed by atoms with Gasteiger partial charge in [-0.15, -0.1) is 0 Å². The van der Waals surface area contributed by atoms with Gasteiger partial charge in [-0.1, -0.05) is 13.8 Å². The van der Waals surface area contributed by atoms with E-state index in [0.717, 1.165) is 0 Å². The maximum absolute atomic E-state index is 12.1. The Balaban J connectivity index is 3.19. The van der Waals surface area contributed by atoms with E-state index in [0.29, 0.717) is 5.69 Å². The molecule has 6 heteroatoms. The van der Waals surface area contributed by atoms with Gasteiger partial charge in [0.1, 0.15) is 0 Å². The molecule has 1 amide bonds. The van der Waals surface area contributed by atoms with Crippen LogP contribution in [0.3, 0.4) is 0 Å². The van der Waals surface area contributed by atoms with E-state index in [9.17, 15) is 13.2 Å². The van der Waals surface area contributed by atoms with Crippen LogP contribution < -0.4 is 11.1 Å². The summed E-state index contributed by atoms with van der Waals surface area (Å²) in [5.74, 6) is -0.216. The molecule has 0 aliphatic rings. The molecular formula is C12H18N2O3S. The predicted molar refractivity (Wildman–Crippen MR) is 72.0 cm³/mol. The Morgan fingerprint density at radius 1 is 1.39 bits per heavy atom. The second kappa shape index (κ2) is 5.39. The minimum atomic E-state index is -3.42. The molecule has 18 heavy (non-hydrogen) atoms. The van der Waals surface area contributed by atoms with E-state index < -0.39 is 9.84 Å². The van der Waals surface area contributed by atoms with Crippen LogP contribution in [-0.4, -0.2) is 20.1 Å². The Labute approximate surface area is 107 Å². The zero-order valence-corrected chi connectivity index (χ0v) is 11.5. The van der Waals surface area contributed by atoms with Crippen LogP contribution >= 0.6 is 0 Å². The zero-order valence-electron chi connectivity index (χ0n) is 10.7. The van der Waals surface area contributed by atoms with Crippen molar-refractivity contribution < 1.29 is 13.2 Å². The Morgan fingerprint density at radius 2 is 2.00 bits per heavy atom. The van der Waals surface area contributed by atoms with Crippen molar-refractivity contribution in [2.45, 2.75) is 25.7 Å². The summed E-state index contributed by atoms with van der Waals surface area (Å²) < 4.78 is 24.2. The molecule has 0 aromatic heterocycles. The number of rotatable bonds is 4. The fourth-order valence-corrected chi connectivity index (χ4v) is 3.40. The number of nitrogens with two attached hydrogens (primary N) is 1. The summed E-state index contributed by atoms with van der Waals surface area (Å²) in [5, 5.41) is 2.54. The van der Waals surface area contributed by atoms with Gasteiger partial charge in [0.25, 0.3) is 0 Å². The number of sulfone groups is 1. The number of nitrogen functional groups attached to an aromatic ring is 1. The third-order valence-electron chi connectivity index (χ3n) is 2.22. The summed E-state index contributed by atoms with van der Waals surface area (Å²) >= 11 is 0. The van der Waals surface area contributed by atoms with Gasteiger partial charge in [0.15, 0.2) is 9.84 Å². The van der Waals surface area contributed by atoms with Crippen LogP contribution in [0.5, 0.6) is 0 Å². The molecule has 0 fully saturated rings. The number of nitrogens with one attached hydrogen (secondary N) is 1. The quantitative estimate of drug-likeness (QED) is 0.814. The van der Waals surface area contributed by atoms with E-state index in [1.165, 1.54) is 19.1 Å². The van der Waals surface area contributed by atoms with Crippen LogP contribution in [0.4, 0.5) is 11.4 Å². The molecule has 0 radical (unpaired) electrons. The maximum Gasteiger partial charge on any atom is 0.221 e. The van der Waals surface area contributed by atoms with E-state index >= 15 is 0 Å². The first-order valence-corrected chi connectivity index (χ1v) is 7.27. The molecular weight excluding hydrogens is 252 g/mol. The van der Waals surface area contributed by atoms with E-state index in [4.69, 9.17) is 5.73 Å². The number of anilines is 2. The molecule has 0 unspecified atom stereocenters. The van der Waals surface area contributed by atoms with E-state index in [1.54, 1.807) is 6.07 Å². The van der Waals surface area contributed by atoms with Crippen molar-refractivity contribution >= 4 is 27.1 Å². The average molecular weight is 270 g/mol. The minimum absolute atomic E-state index is 0.0128. The normalized spacial score (nSPS) is 11.6. The number of carbonyl (C=O) groups excluding carboxylic acids is 1. The highest BCUT2D eigenvalue weighted by molar-refractivity contribution is 7.91. The molecule has 0 bridgehead atoms. The lowest BCUT2D eigenvalue weighted by atomic mass is 10.3. The highest BCUT2D eigenvalue weighted by atomic mass is 32.2. The van der Waals surface area contributed by atoms with Crippen molar-refractivity contribution in [1.82, 2.24) is 0 Å². The predicted octanol–water partition coefficient (Wildman–Crippen LogP) is 1.66. The Bertz CT molecular complexity index is 550. The number of carbonyl (C=O) groups is 1. The summed E-state index contributed by atoms with van der Waals surface area (Å²) in [7, 11) is -3.42. The smallest absolute Gasteiger partial charge is 0.221 e. The summed E-state index contributed by atoms with van der Waals surface area (Å²) in [6, 6.07) is 4.46. The average Bonchev–Trinajstić information content (AvgIpc) is 2.18. The second-order valence-corrected chi connectivity index (χ2v) is 6.61. The molecule has 0 saturated carbocycles. The standard InChI is InChI=1S/C12H18N2O3S/c1-8(2)7-18(16,17)12-6-10(14-9(3)15)4-5-11(12)13/h4-6,8H,7,13H2,1-3H3,(H,14,15). The lowest BCUT2D eigenvalue weighted by Gasteiger charge is -2.11. The Kier molecular flexibility index (Phi) is 4.34. The van der Waals surface area contributed by atoms with Gasteiger partial charge in [0.05, 0.1) is 16.3 Å².